The Morgan fingerprint density at radius 3 is 2.63 bits per heavy atom. The molecule has 0 aromatic carbocycles. The number of aromatic nitrogens is 4. The number of methoxy groups -OCH3 is 1. The summed E-state index contributed by atoms with van der Waals surface area (Å²) in [5.41, 5.74) is 5.08. The Labute approximate surface area is 199 Å². The van der Waals surface area contributed by atoms with E-state index in [4.69, 9.17) is 4.74 Å². The molecule has 4 heterocycles. The van der Waals surface area contributed by atoms with Crippen LogP contribution < -0.4 is 15.5 Å². The first-order valence-corrected chi connectivity index (χ1v) is 10.6. The molecule has 12 heteroatoms. The van der Waals surface area contributed by atoms with Gasteiger partial charge in [0.2, 0.25) is 5.91 Å². The van der Waals surface area contributed by atoms with Crippen molar-refractivity contribution in [3.05, 3.63) is 66.1 Å². The minimum atomic E-state index is -4.55. The highest BCUT2D eigenvalue weighted by Gasteiger charge is 2.34. The lowest BCUT2D eigenvalue weighted by Crippen LogP contribution is -2.40. The molecule has 1 amide bonds. The van der Waals surface area contributed by atoms with E-state index < -0.39 is 17.8 Å². The predicted molar refractivity (Wildman–Crippen MR) is 122 cm³/mol. The summed E-state index contributed by atoms with van der Waals surface area (Å²) in [6.45, 7) is 3.44. The van der Waals surface area contributed by atoms with Crippen LogP contribution in [0.25, 0.3) is 16.8 Å². The maximum Gasteiger partial charge on any atom is 0.433 e. The molecule has 0 spiro atoms. The van der Waals surface area contributed by atoms with Gasteiger partial charge in [-0.1, -0.05) is 0 Å². The minimum Gasteiger partial charge on any atom is -0.493 e. The van der Waals surface area contributed by atoms with E-state index in [0.29, 0.717) is 33.8 Å². The highest BCUT2D eigenvalue weighted by Crippen LogP contribution is 2.34. The van der Waals surface area contributed by atoms with Crippen molar-refractivity contribution in [1.29, 1.82) is 0 Å². The zero-order valence-corrected chi connectivity index (χ0v) is 19.1. The Hall–Kier alpha value is -4.06. The molecule has 4 rings (SSSR count). The minimum absolute atomic E-state index is 0.104. The molecule has 3 aromatic rings. The maximum absolute atomic E-state index is 13.1. The molecule has 0 saturated carbocycles. The number of amides is 1. The Morgan fingerprint density at radius 1 is 1.14 bits per heavy atom. The van der Waals surface area contributed by atoms with E-state index in [1.54, 1.807) is 49.7 Å². The van der Waals surface area contributed by atoms with Crippen LogP contribution >= 0.6 is 0 Å². The van der Waals surface area contributed by atoms with Gasteiger partial charge in [-0.15, -0.1) is 0 Å². The van der Waals surface area contributed by atoms with Crippen molar-refractivity contribution < 1.29 is 22.7 Å². The smallest absolute Gasteiger partial charge is 0.433 e. The number of carbonyl (C=O) groups is 1. The lowest BCUT2D eigenvalue weighted by atomic mass is 9.99. The van der Waals surface area contributed by atoms with Crippen LogP contribution in [0.3, 0.4) is 0 Å². The maximum atomic E-state index is 13.1. The van der Waals surface area contributed by atoms with E-state index in [0.717, 1.165) is 12.3 Å². The van der Waals surface area contributed by atoms with Crippen LogP contribution in [0.2, 0.25) is 0 Å². The molecule has 1 unspecified atom stereocenters. The van der Waals surface area contributed by atoms with Gasteiger partial charge in [0.1, 0.15) is 12.2 Å². The zero-order chi connectivity index (χ0) is 25.2. The Morgan fingerprint density at radius 2 is 1.94 bits per heavy atom. The van der Waals surface area contributed by atoms with Crippen LogP contribution in [-0.2, 0) is 11.0 Å². The monoisotopic (exact) mass is 485 g/mol. The van der Waals surface area contributed by atoms with Gasteiger partial charge in [-0.2, -0.15) is 13.2 Å². The first-order valence-electron chi connectivity index (χ1n) is 10.6. The molecule has 1 aliphatic rings. The topological polar surface area (TPSA) is 105 Å². The Balaban J connectivity index is 1.50. The summed E-state index contributed by atoms with van der Waals surface area (Å²) in [7, 11) is 1.46. The molecule has 1 atom stereocenters. The van der Waals surface area contributed by atoms with Gasteiger partial charge >= 0.3 is 6.18 Å². The third-order valence-corrected chi connectivity index (χ3v) is 5.43. The molecule has 2 N–H and O–H groups in total. The van der Waals surface area contributed by atoms with Crippen molar-refractivity contribution in [1.82, 2.24) is 30.4 Å². The molecular weight excluding hydrogens is 463 g/mol. The summed E-state index contributed by atoms with van der Waals surface area (Å²) in [4.78, 5) is 28.7. The van der Waals surface area contributed by atoms with Crippen LogP contribution in [0, 0.1) is 0 Å². The molecule has 0 bridgehead atoms. The summed E-state index contributed by atoms with van der Waals surface area (Å²) in [5, 5.41) is 4.30. The number of halogens is 3. The van der Waals surface area contributed by atoms with Crippen LogP contribution in [0.1, 0.15) is 25.1 Å². The molecule has 3 aromatic heterocycles. The average molecular weight is 485 g/mol. The number of carbonyl (C=O) groups excluding carboxylic acids is 1. The summed E-state index contributed by atoms with van der Waals surface area (Å²) >= 11 is 0. The van der Waals surface area contributed by atoms with Gasteiger partial charge in [0, 0.05) is 36.0 Å². The molecule has 0 radical (unpaired) electrons. The number of hydrazine groups is 1. The number of rotatable bonds is 6. The van der Waals surface area contributed by atoms with Gasteiger partial charge in [0.05, 0.1) is 25.0 Å². The molecule has 35 heavy (non-hydrogen) atoms. The zero-order valence-electron chi connectivity index (χ0n) is 19.1. The molecule has 9 nitrogen and oxygen atoms in total. The van der Waals surface area contributed by atoms with Crippen molar-refractivity contribution in [2.75, 3.05) is 19.0 Å². The summed E-state index contributed by atoms with van der Waals surface area (Å²) in [6.07, 6.45) is 2.83. The predicted octanol–water partition coefficient (Wildman–Crippen LogP) is 3.54. The Bertz CT molecular complexity index is 1270. The highest BCUT2D eigenvalue weighted by atomic mass is 19.4. The van der Waals surface area contributed by atoms with Crippen molar-refractivity contribution in [2.45, 2.75) is 26.1 Å². The number of hydrogen-bond donors (Lipinski definition) is 2. The van der Waals surface area contributed by atoms with Crippen molar-refractivity contribution in [2.24, 2.45) is 0 Å². The van der Waals surface area contributed by atoms with Gasteiger partial charge in [0.15, 0.2) is 11.6 Å². The number of nitrogens with zero attached hydrogens (tertiary/aromatic N) is 5. The van der Waals surface area contributed by atoms with Gasteiger partial charge < -0.3 is 15.1 Å². The van der Waals surface area contributed by atoms with E-state index in [1.807, 2.05) is 0 Å². The average Bonchev–Trinajstić information content (AvgIpc) is 3.11. The Kier molecular flexibility index (Phi) is 6.65. The van der Waals surface area contributed by atoms with Gasteiger partial charge in [-0.3, -0.25) is 19.7 Å². The van der Waals surface area contributed by atoms with E-state index >= 15 is 0 Å². The van der Waals surface area contributed by atoms with Gasteiger partial charge in [-0.05, 0) is 43.2 Å². The standard InChI is InChI=1S/C23H22F3N7O2/c1-13-21(15-4-5-29-19(9-15)23(24,25)26)14(2)33(32-13)12-20(34)31-22-18(35-3)8-16(10-30-22)17-11-27-6-7-28-17/h4-11,13,32H,12H2,1-3H3,(H,30,31,34). The molecular formula is C23H22F3N7O2. The van der Waals surface area contributed by atoms with E-state index in [2.05, 4.69) is 30.7 Å². The van der Waals surface area contributed by atoms with Crippen LogP contribution in [0.5, 0.6) is 5.75 Å². The summed E-state index contributed by atoms with van der Waals surface area (Å²) in [5.74, 6) is 0.172. The second kappa shape index (κ2) is 9.66. The highest BCUT2D eigenvalue weighted by molar-refractivity contribution is 5.93. The number of ether oxygens (including phenoxy) is 1. The number of anilines is 1. The van der Waals surface area contributed by atoms with Crippen molar-refractivity contribution in [3.8, 4) is 17.0 Å². The number of hydrogen-bond acceptors (Lipinski definition) is 8. The second-order valence-electron chi connectivity index (χ2n) is 7.78. The summed E-state index contributed by atoms with van der Waals surface area (Å²) in [6, 6.07) is 3.90. The first-order chi connectivity index (χ1) is 16.7. The molecule has 0 saturated heterocycles. The fraction of sp³-hybridized carbons (Fsp3) is 0.261. The first kappa shape index (κ1) is 24.1. The lowest BCUT2D eigenvalue weighted by molar-refractivity contribution is -0.141. The third kappa shape index (κ3) is 5.22. The number of pyridine rings is 2. The summed E-state index contributed by atoms with van der Waals surface area (Å²) < 4.78 is 44.7. The number of alkyl halides is 3. The van der Waals surface area contributed by atoms with Gasteiger partial charge in [0.25, 0.3) is 0 Å². The lowest BCUT2D eigenvalue weighted by Gasteiger charge is -2.21. The van der Waals surface area contributed by atoms with E-state index in [9.17, 15) is 18.0 Å². The van der Waals surface area contributed by atoms with E-state index in [-0.39, 0.29) is 18.4 Å². The number of nitrogens with one attached hydrogen (secondary N) is 2. The fourth-order valence-electron chi connectivity index (χ4n) is 3.83. The normalized spacial score (nSPS) is 15.9. The molecule has 182 valence electrons. The fourth-order valence-corrected chi connectivity index (χ4v) is 3.83. The largest absolute Gasteiger partial charge is 0.493 e. The number of allylic oxidation sites excluding steroid dienone is 1. The second-order valence-corrected chi connectivity index (χ2v) is 7.78. The SMILES string of the molecule is COc1cc(-c2cnccn2)cnc1NC(=O)CN1NC(C)C(c2ccnc(C(F)(F)F)c2)=C1C. The van der Waals surface area contributed by atoms with E-state index in [1.165, 1.54) is 13.2 Å². The molecule has 0 fully saturated rings. The van der Waals surface area contributed by atoms with Crippen molar-refractivity contribution in [3.63, 3.8) is 0 Å². The quantitative estimate of drug-likeness (QED) is 0.546. The third-order valence-electron chi connectivity index (χ3n) is 5.43. The molecule has 1 aliphatic heterocycles. The van der Waals surface area contributed by atoms with Crippen LogP contribution in [0.15, 0.2) is 54.9 Å². The van der Waals surface area contributed by atoms with Crippen LogP contribution in [0.4, 0.5) is 19.0 Å². The van der Waals surface area contributed by atoms with Gasteiger partial charge in [-0.25, -0.2) is 10.4 Å². The molecule has 0 aliphatic carbocycles. The van der Waals surface area contributed by atoms with Crippen molar-refractivity contribution >= 4 is 17.3 Å². The van der Waals surface area contributed by atoms with Crippen LogP contribution in [-0.4, -0.2) is 50.5 Å².